The van der Waals surface area contributed by atoms with Crippen molar-refractivity contribution in [3.8, 4) is 5.75 Å². The smallest absolute Gasteiger partial charge is 0.118 e. The van der Waals surface area contributed by atoms with Crippen molar-refractivity contribution in [1.82, 2.24) is 9.47 Å². The zero-order valence-electron chi connectivity index (χ0n) is 16.3. The molecule has 0 spiro atoms. The average Bonchev–Trinajstić information content (AvgIpc) is 3.10. The summed E-state index contributed by atoms with van der Waals surface area (Å²) in [5, 5.41) is 0. The minimum absolute atomic E-state index is 0.288. The molecule has 3 aromatic rings. The number of fused-ring (bicyclic) bond motifs is 1. The SMILES string of the molecule is CCc1ccc([C@@H]2c3cccn3CCCN2Cc2ccc(OC)cc2)cc1. The Morgan fingerprint density at radius 1 is 0.926 bits per heavy atom. The van der Waals surface area contributed by atoms with Crippen molar-refractivity contribution in [2.24, 2.45) is 0 Å². The molecule has 1 aromatic heterocycles. The molecule has 0 unspecified atom stereocenters. The average molecular weight is 361 g/mol. The molecular formula is C24H28N2O. The lowest BCUT2D eigenvalue weighted by Gasteiger charge is -2.31. The molecule has 2 aromatic carbocycles. The Morgan fingerprint density at radius 3 is 2.37 bits per heavy atom. The summed E-state index contributed by atoms with van der Waals surface area (Å²) in [6, 6.07) is 22.4. The second-order valence-corrected chi connectivity index (χ2v) is 7.30. The van der Waals surface area contributed by atoms with Crippen LogP contribution in [0.3, 0.4) is 0 Å². The number of hydrogen-bond donors (Lipinski definition) is 0. The summed E-state index contributed by atoms with van der Waals surface area (Å²) >= 11 is 0. The van der Waals surface area contributed by atoms with E-state index in [4.69, 9.17) is 4.74 Å². The summed E-state index contributed by atoms with van der Waals surface area (Å²) in [7, 11) is 1.72. The summed E-state index contributed by atoms with van der Waals surface area (Å²) in [4.78, 5) is 2.61. The highest BCUT2D eigenvalue weighted by molar-refractivity contribution is 5.33. The Labute approximate surface area is 162 Å². The van der Waals surface area contributed by atoms with Gasteiger partial charge in [0.2, 0.25) is 0 Å². The van der Waals surface area contributed by atoms with Crippen molar-refractivity contribution in [2.45, 2.75) is 38.9 Å². The van der Waals surface area contributed by atoms with Crippen LogP contribution in [-0.2, 0) is 19.5 Å². The van der Waals surface area contributed by atoms with Gasteiger partial charge in [0.15, 0.2) is 0 Å². The minimum atomic E-state index is 0.288. The molecule has 4 rings (SSSR count). The number of hydrogen-bond acceptors (Lipinski definition) is 2. The molecule has 0 N–H and O–H groups in total. The Kier molecular flexibility index (Phi) is 5.30. The number of aryl methyl sites for hydroxylation is 2. The van der Waals surface area contributed by atoms with Crippen LogP contribution in [0.2, 0.25) is 0 Å². The molecule has 0 radical (unpaired) electrons. The van der Waals surface area contributed by atoms with Crippen molar-refractivity contribution in [3.05, 3.63) is 89.2 Å². The first-order valence-corrected chi connectivity index (χ1v) is 9.89. The Balaban J connectivity index is 1.68. The van der Waals surface area contributed by atoms with Crippen molar-refractivity contribution >= 4 is 0 Å². The highest BCUT2D eigenvalue weighted by Gasteiger charge is 2.27. The number of benzene rings is 2. The van der Waals surface area contributed by atoms with Gasteiger partial charge in [-0.25, -0.2) is 0 Å². The molecule has 0 saturated carbocycles. The molecule has 1 aliphatic rings. The second kappa shape index (κ2) is 8.01. The summed E-state index contributed by atoms with van der Waals surface area (Å²) in [6.45, 7) is 5.33. The van der Waals surface area contributed by atoms with Crippen LogP contribution in [0.25, 0.3) is 0 Å². The molecule has 0 saturated heterocycles. The summed E-state index contributed by atoms with van der Waals surface area (Å²) in [5.41, 5.74) is 5.49. The van der Waals surface area contributed by atoms with E-state index in [2.05, 4.69) is 83.3 Å². The number of methoxy groups -OCH3 is 1. The third kappa shape index (κ3) is 3.79. The first kappa shape index (κ1) is 17.9. The van der Waals surface area contributed by atoms with Gasteiger partial charge in [-0.1, -0.05) is 43.3 Å². The van der Waals surface area contributed by atoms with E-state index < -0.39 is 0 Å². The molecule has 0 fully saturated rings. The van der Waals surface area contributed by atoms with Crippen LogP contribution in [0, 0.1) is 0 Å². The van der Waals surface area contributed by atoms with Gasteiger partial charge in [0, 0.05) is 31.5 Å². The summed E-state index contributed by atoms with van der Waals surface area (Å²) < 4.78 is 7.73. The number of aromatic nitrogens is 1. The maximum atomic E-state index is 5.31. The van der Waals surface area contributed by atoms with E-state index in [1.807, 2.05) is 0 Å². The van der Waals surface area contributed by atoms with Crippen LogP contribution >= 0.6 is 0 Å². The topological polar surface area (TPSA) is 17.4 Å². The molecule has 0 bridgehead atoms. The second-order valence-electron chi connectivity index (χ2n) is 7.30. The van der Waals surface area contributed by atoms with Crippen LogP contribution in [0.15, 0.2) is 66.9 Å². The molecule has 1 aliphatic heterocycles. The zero-order chi connectivity index (χ0) is 18.6. The van der Waals surface area contributed by atoms with Gasteiger partial charge in [0.05, 0.1) is 13.2 Å². The van der Waals surface area contributed by atoms with Gasteiger partial charge in [-0.15, -0.1) is 0 Å². The fourth-order valence-corrected chi connectivity index (χ4v) is 4.09. The van der Waals surface area contributed by atoms with Gasteiger partial charge < -0.3 is 9.30 Å². The van der Waals surface area contributed by atoms with E-state index in [9.17, 15) is 0 Å². The number of ether oxygens (including phenoxy) is 1. The third-order valence-corrected chi connectivity index (χ3v) is 5.60. The lowest BCUT2D eigenvalue weighted by atomic mass is 9.99. The lowest BCUT2D eigenvalue weighted by molar-refractivity contribution is 0.220. The predicted octanol–water partition coefficient (Wildman–Crippen LogP) is 5.05. The maximum absolute atomic E-state index is 5.31. The molecule has 27 heavy (non-hydrogen) atoms. The largest absolute Gasteiger partial charge is 0.497 e. The number of rotatable bonds is 5. The maximum Gasteiger partial charge on any atom is 0.118 e. The van der Waals surface area contributed by atoms with E-state index in [0.717, 1.165) is 31.8 Å². The zero-order valence-corrected chi connectivity index (χ0v) is 16.3. The van der Waals surface area contributed by atoms with Crippen molar-refractivity contribution < 1.29 is 4.74 Å². The standard InChI is InChI=1S/C24H28N2O/c1-3-19-7-11-21(12-8-19)24-23-6-4-15-25(23)16-5-17-26(24)18-20-9-13-22(27-2)14-10-20/h4,6-15,24H,3,5,16-18H2,1-2H3/t24-/m1/s1. The van der Waals surface area contributed by atoms with Crippen molar-refractivity contribution in [3.63, 3.8) is 0 Å². The van der Waals surface area contributed by atoms with Crippen LogP contribution in [0.1, 0.15) is 41.8 Å². The van der Waals surface area contributed by atoms with E-state index in [-0.39, 0.29) is 6.04 Å². The van der Waals surface area contributed by atoms with Gasteiger partial charge >= 0.3 is 0 Å². The highest BCUT2D eigenvalue weighted by Crippen LogP contribution is 2.33. The van der Waals surface area contributed by atoms with Crippen molar-refractivity contribution in [2.75, 3.05) is 13.7 Å². The van der Waals surface area contributed by atoms with Crippen LogP contribution in [0.5, 0.6) is 5.75 Å². The first-order chi connectivity index (χ1) is 13.3. The molecule has 1 atom stereocenters. The van der Waals surface area contributed by atoms with E-state index >= 15 is 0 Å². The van der Waals surface area contributed by atoms with Gasteiger partial charge in [0.25, 0.3) is 0 Å². The van der Waals surface area contributed by atoms with Crippen LogP contribution in [-0.4, -0.2) is 23.1 Å². The Bertz CT molecular complexity index is 864. The van der Waals surface area contributed by atoms with Gasteiger partial charge in [0.1, 0.15) is 5.75 Å². The predicted molar refractivity (Wildman–Crippen MR) is 110 cm³/mol. The van der Waals surface area contributed by atoms with E-state index in [1.54, 1.807) is 7.11 Å². The molecular weight excluding hydrogens is 332 g/mol. The monoisotopic (exact) mass is 360 g/mol. The Morgan fingerprint density at radius 2 is 1.67 bits per heavy atom. The van der Waals surface area contributed by atoms with E-state index in [0.29, 0.717) is 0 Å². The highest BCUT2D eigenvalue weighted by atomic mass is 16.5. The summed E-state index contributed by atoms with van der Waals surface area (Å²) in [5.74, 6) is 0.912. The fraction of sp³-hybridized carbons (Fsp3) is 0.333. The van der Waals surface area contributed by atoms with Crippen molar-refractivity contribution in [1.29, 1.82) is 0 Å². The minimum Gasteiger partial charge on any atom is -0.497 e. The summed E-state index contributed by atoms with van der Waals surface area (Å²) in [6.07, 6.45) is 4.47. The third-order valence-electron chi connectivity index (χ3n) is 5.60. The van der Waals surface area contributed by atoms with Gasteiger partial charge in [-0.3, -0.25) is 4.90 Å². The fourth-order valence-electron chi connectivity index (χ4n) is 4.09. The quantitative estimate of drug-likeness (QED) is 0.633. The first-order valence-electron chi connectivity index (χ1n) is 9.89. The molecule has 0 aliphatic carbocycles. The normalized spacial score (nSPS) is 17.3. The van der Waals surface area contributed by atoms with E-state index in [1.165, 1.54) is 28.8 Å². The molecule has 3 heteroatoms. The number of nitrogens with zero attached hydrogens (tertiary/aromatic N) is 2. The van der Waals surface area contributed by atoms with Crippen LogP contribution in [0.4, 0.5) is 0 Å². The molecule has 140 valence electrons. The molecule has 2 heterocycles. The van der Waals surface area contributed by atoms with Crippen LogP contribution < -0.4 is 4.74 Å². The lowest BCUT2D eigenvalue weighted by Crippen LogP contribution is -2.29. The molecule has 3 nitrogen and oxygen atoms in total. The van der Waals surface area contributed by atoms with Gasteiger partial charge in [-0.2, -0.15) is 0 Å². The molecule has 0 amide bonds. The van der Waals surface area contributed by atoms with Gasteiger partial charge in [-0.05, 0) is 53.8 Å². The Hall–Kier alpha value is -2.52.